The average Bonchev–Trinajstić information content (AvgIpc) is 3.31. The standard InChI is InChI=1S/C22H28O5/c1-12-8-16-15-5-4-13-9-14(24)6-7-19(13,2)22(15)18(27-22)10-20(16,3)21(12,26)17(25)11-23/h6-7,9,12,15-16,18,23,26H,4-5,8,10-11H2,1-3H3/t12-,15?,16?,18-,19+,20+,21+,22-/m1/s1. The summed E-state index contributed by atoms with van der Waals surface area (Å²) < 4.78 is 6.43. The molecule has 3 saturated carbocycles. The van der Waals surface area contributed by atoms with Gasteiger partial charge in [-0.05, 0) is 62.5 Å². The predicted octanol–water partition coefficient (Wildman–Crippen LogP) is 1.96. The predicted molar refractivity (Wildman–Crippen MR) is 97.7 cm³/mol. The number of epoxide rings is 1. The quantitative estimate of drug-likeness (QED) is 0.724. The molecular formula is C22H28O5. The van der Waals surface area contributed by atoms with E-state index in [1.54, 1.807) is 12.2 Å². The molecule has 1 heterocycles. The summed E-state index contributed by atoms with van der Waals surface area (Å²) in [7, 11) is 0. The van der Waals surface area contributed by atoms with Gasteiger partial charge in [0.2, 0.25) is 0 Å². The molecule has 4 fully saturated rings. The van der Waals surface area contributed by atoms with Crippen molar-refractivity contribution in [3.63, 3.8) is 0 Å². The second-order valence-corrected chi connectivity index (χ2v) is 9.86. The van der Waals surface area contributed by atoms with Crippen LogP contribution in [0.3, 0.4) is 0 Å². The van der Waals surface area contributed by atoms with Crippen LogP contribution in [0.25, 0.3) is 0 Å². The van der Waals surface area contributed by atoms with E-state index in [1.807, 2.05) is 19.9 Å². The lowest BCUT2D eigenvalue weighted by Gasteiger charge is -2.55. The maximum atomic E-state index is 12.6. The van der Waals surface area contributed by atoms with Gasteiger partial charge in [0.1, 0.15) is 17.8 Å². The van der Waals surface area contributed by atoms with Crippen LogP contribution in [0.1, 0.15) is 46.5 Å². The van der Waals surface area contributed by atoms with Crippen molar-refractivity contribution in [2.75, 3.05) is 6.61 Å². The van der Waals surface area contributed by atoms with Crippen molar-refractivity contribution >= 4 is 11.6 Å². The van der Waals surface area contributed by atoms with E-state index in [0.29, 0.717) is 6.42 Å². The molecule has 0 amide bonds. The number of carbonyl (C=O) groups excluding carboxylic acids is 2. The third kappa shape index (κ3) is 1.73. The molecule has 0 aromatic carbocycles. The van der Waals surface area contributed by atoms with E-state index < -0.39 is 23.4 Å². The Balaban J connectivity index is 1.60. The fourth-order valence-electron chi connectivity index (χ4n) is 7.70. The first-order valence-corrected chi connectivity index (χ1v) is 10.1. The Hall–Kier alpha value is -1.30. The Bertz CT molecular complexity index is 814. The van der Waals surface area contributed by atoms with Crippen molar-refractivity contribution in [3.05, 3.63) is 23.8 Å². The Morgan fingerprint density at radius 2 is 2.07 bits per heavy atom. The van der Waals surface area contributed by atoms with Gasteiger partial charge in [0.25, 0.3) is 0 Å². The molecule has 5 aliphatic rings. The zero-order valence-electron chi connectivity index (χ0n) is 16.2. The number of rotatable bonds is 2. The summed E-state index contributed by atoms with van der Waals surface area (Å²) in [5.74, 6) is -0.193. The number of ketones is 2. The number of aliphatic hydroxyl groups is 2. The van der Waals surface area contributed by atoms with Gasteiger partial charge in [0.05, 0.1) is 6.10 Å². The molecule has 146 valence electrons. The molecule has 5 rings (SSSR count). The molecule has 27 heavy (non-hydrogen) atoms. The minimum absolute atomic E-state index is 0.0291. The summed E-state index contributed by atoms with van der Waals surface area (Å²) in [5, 5.41) is 21.0. The van der Waals surface area contributed by atoms with Gasteiger partial charge < -0.3 is 14.9 Å². The Labute approximate surface area is 159 Å². The van der Waals surface area contributed by atoms with E-state index in [0.717, 1.165) is 24.8 Å². The largest absolute Gasteiger partial charge is 0.388 e. The Morgan fingerprint density at radius 1 is 1.33 bits per heavy atom. The molecule has 0 radical (unpaired) electrons. The summed E-state index contributed by atoms with van der Waals surface area (Å²) in [6.07, 6.45) is 8.58. The van der Waals surface area contributed by atoms with Gasteiger partial charge in [-0.1, -0.05) is 25.5 Å². The molecule has 2 N–H and O–H groups in total. The Morgan fingerprint density at radius 3 is 2.78 bits per heavy atom. The van der Waals surface area contributed by atoms with Gasteiger partial charge in [0.15, 0.2) is 11.6 Å². The lowest BCUT2D eigenvalue weighted by atomic mass is 9.46. The van der Waals surface area contributed by atoms with Crippen LogP contribution in [0.2, 0.25) is 0 Å². The number of fused-ring (bicyclic) bond motifs is 3. The number of hydrogen-bond acceptors (Lipinski definition) is 5. The molecule has 0 aromatic heterocycles. The van der Waals surface area contributed by atoms with Crippen molar-refractivity contribution in [1.82, 2.24) is 0 Å². The zero-order valence-corrected chi connectivity index (χ0v) is 16.2. The summed E-state index contributed by atoms with van der Waals surface area (Å²) in [5.41, 5.74) is -1.55. The van der Waals surface area contributed by atoms with Crippen LogP contribution >= 0.6 is 0 Å². The molecule has 5 nitrogen and oxygen atoms in total. The van der Waals surface area contributed by atoms with Crippen LogP contribution in [0.5, 0.6) is 0 Å². The van der Waals surface area contributed by atoms with Crippen molar-refractivity contribution < 1.29 is 24.5 Å². The fraction of sp³-hybridized carbons (Fsp3) is 0.727. The molecule has 4 aliphatic carbocycles. The fourth-order valence-corrected chi connectivity index (χ4v) is 7.70. The molecule has 1 spiro atoms. The van der Waals surface area contributed by atoms with E-state index in [-0.39, 0.29) is 40.7 Å². The van der Waals surface area contributed by atoms with Crippen LogP contribution in [-0.2, 0) is 14.3 Å². The van der Waals surface area contributed by atoms with E-state index in [1.165, 1.54) is 0 Å². The van der Waals surface area contributed by atoms with Crippen LogP contribution in [-0.4, -0.2) is 45.7 Å². The minimum Gasteiger partial charge on any atom is -0.388 e. The van der Waals surface area contributed by atoms with E-state index >= 15 is 0 Å². The minimum atomic E-state index is -1.50. The summed E-state index contributed by atoms with van der Waals surface area (Å²) in [6.45, 7) is 5.51. The van der Waals surface area contributed by atoms with Gasteiger partial charge in [-0.25, -0.2) is 0 Å². The second-order valence-electron chi connectivity index (χ2n) is 9.86. The first-order valence-electron chi connectivity index (χ1n) is 10.1. The molecule has 1 aliphatic heterocycles. The third-order valence-corrected chi connectivity index (χ3v) is 9.08. The van der Waals surface area contributed by atoms with Crippen molar-refractivity contribution in [2.45, 2.75) is 63.8 Å². The molecular weight excluding hydrogens is 344 g/mol. The van der Waals surface area contributed by atoms with Gasteiger partial charge in [-0.2, -0.15) is 0 Å². The molecule has 2 unspecified atom stereocenters. The smallest absolute Gasteiger partial charge is 0.190 e. The lowest BCUT2D eigenvalue weighted by Crippen LogP contribution is -2.62. The highest BCUT2D eigenvalue weighted by Gasteiger charge is 2.81. The topological polar surface area (TPSA) is 87.1 Å². The van der Waals surface area contributed by atoms with Crippen molar-refractivity contribution in [1.29, 1.82) is 0 Å². The highest BCUT2D eigenvalue weighted by Crippen LogP contribution is 2.76. The lowest BCUT2D eigenvalue weighted by molar-refractivity contribution is -0.165. The van der Waals surface area contributed by atoms with Crippen molar-refractivity contribution in [2.24, 2.45) is 28.6 Å². The first-order chi connectivity index (χ1) is 12.6. The number of ether oxygens (including phenoxy) is 1. The van der Waals surface area contributed by atoms with Gasteiger partial charge in [-0.3, -0.25) is 9.59 Å². The maximum absolute atomic E-state index is 12.6. The molecule has 0 aromatic rings. The zero-order chi connectivity index (χ0) is 19.4. The summed E-state index contributed by atoms with van der Waals surface area (Å²) in [4.78, 5) is 24.5. The number of hydrogen-bond donors (Lipinski definition) is 2. The van der Waals surface area contributed by atoms with E-state index in [2.05, 4.69) is 6.92 Å². The van der Waals surface area contributed by atoms with Crippen LogP contribution in [0.4, 0.5) is 0 Å². The number of carbonyl (C=O) groups is 2. The van der Waals surface area contributed by atoms with Gasteiger partial charge in [0, 0.05) is 10.8 Å². The second kappa shape index (κ2) is 5.00. The highest BCUT2D eigenvalue weighted by molar-refractivity contribution is 6.01. The van der Waals surface area contributed by atoms with E-state index in [9.17, 15) is 19.8 Å². The van der Waals surface area contributed by atoms with Crippen LogP contribution in [0, 0.1) is 28.6 Å². The SMILES string of the molecule is C[C@@H]1CC2C3CCC4=CC(=O)C=C[C@]4(C)[C@@]34O[C@@H]4C[C@]2(C)[C@@]1(O)C(=O)CO. The Kier molecular flexibility index (Phi) is 3.29. The first kappa shape index (κ1) is 17.8. The van der Waals surface area contributed by atoms with Crippen LogP contribution in [0.15, 0.2) is 23.8 Å². The summed E-state index contributed by atoms with van der Waals surface area (Å²) in [6, 6.07) is 0. The number of Topliss-reactive ketones (excluding diaryl/α,β-unsaturated/α-hetero) is 1. The van der Waals surface area contributed by atoms with Gasteiger partial charge >= 0.3 is 0 Å². The molecule has 1 saturated heterocycles. The molecule has 5 heteroatoms. The third-order valence-electron chi connectivity index (χ3n) is 9.08. The molecule has 8 atom stereocenters. The average molecular weight is 372 g/mol. The van der Waals surface area contributed by atoms with Crippen molar-refractivity contribution in [3.8, 4) is 0 Å². The highest BCUT2D eigenvalue weighted by atomic mass is 16.6. The normalized spacial score (nSPS) is 55.1. The van der Waals surface area contributed by atoms with Gasteiger partial charge in [-0.15, -0.1) is 0 Å². The number of allylic oxidation sites excluding steroid dienone is 2. The van der Waals surface area contributed by atoms with Crippen LogP contribution < -0.4 is 0 Å². The summed E-state index contributed by atoms with van der Waals surface area (Å²) >= 11 is 0. The monoisotopic (exact) mass is 372 g/mol. The maximum Gasteiger partial charge on any atom is 0.190 e. The number of aliphatic hydroxyl groups excluding tert-OH is 1. The molecule has 0 bridgehead atoms. The van der Waals surface area contributed by atoms with E-state index in [4.69, 9.17) is 4.74 Å².